The average Bonchev–Trinajstić information content (AvgIpc) is 3.15. The van der Waals surface area contributed by atoms with Crippen LogP contribution in [-0.2, 0) is 32.7 Å². The summed E-state index contributed by atoms with van der Waals surface area (Å²) in [6, 6.07) is 0. The van der Waals surface area contributed by atoms with E-state index in [0.29, 0.717) is 23.9 Å². The average molecular weight is 806 g/mol. The van der Waals surface area contributed by atoms with Crippen LogP contribution >= 0.6 is 7.82 Å². The van der Waals surface area contributed by atoms with Gasteiger partial charge in [-0.15, -0.1) is 0 Å². The molecule has 0 fully saturated rings. The van der Waals surface area contributed by atoms with E-state index < -0.39 is 32.5 Å². The monoisotopic (exact) mass is 806 g/mol. The second-order valence-electron chi connectivity index (χ2n) is 15.3. The summed E-state index contributed by atoms with van der Waals surface area (Å²) >= 11 is 0. The molecule has 0 bridgehead atoms. The van der Waals surface area contributed by atoms with E-state index in [1.54, 1.807) is 0 Å². The van der Waals surface area contributed by atoms with Gasteiger partial charge in [0.25, 0.3) is 7.82 Å². The minimum absolute atomic E-state index is 0.0443. The van der Waals surface area contributed by atoms with E-state index in [-0.39, 0.29) is 26.1 Å². The van der Waals surface area contributed by atoms with Crippen molar-refractivity contribution in [2.45, 2.75) is 161 Å². The lowest BCUT2D eigenvalue weighted by molar-refractivity contribution is -0.870. The molecule has 2 atom stereocenters. The number of hydrogen-bond donors (Lipinski definition) is 0. The van der Waals surface area contributed by atoms with Gasteiger partial charge in [-0.1, -0.05) is 164 Å². The Labute approximate surface area is 342 Å². The van der Waals surface area contributed by atoms with E-state index in [1.807, 2.05) is 33.3 Å². The summed E-state index contributed by atoms with van der Waals surface area (Å²) in [5, 5.41) is 0. The molecular formula is C46H80NO8P. The summed E-state index contributed by atoms with van der Waals surface area (Å²) in [6.07, 6.45) is 46.6. The maximum absolute atomic E-state index is 12.6. The lowest BCUT2D eigenvalue weighted by Gasteiger charge is -2.28. The number of nitrogens with zero attached hydrogens (tertiary/aromatic N) is 1. The molecule has 0 aromatic heterocycles. The van der Waals surface area contributed by atoms with Gasteiger partial charge in [0.05, 0.1) is 27.7 Å². The molecule has 0 radical (unpaired) electrons. The second kappa shape index (κ2) is 38.0. The number of hydrogen-bond acceptors (Lipinski definition) is 8. The molecule has 56 heavy (non-hydrogen) atoms. The molecule has 10 heteroatoms. The molecule has 0 heterocycles. The second-order valence-corrected chi connectivity index (χ2v) is 16.7. The number of carbonyl (C=O) groups is 2. The van der Waals surface area contributed by atoms with E-state index >= 15 is 0 Å². The number of likely N-dealkylation sites (N-methyl/N-ethyl adjacent to an activating group) is 1. The molecule has 0 amide bonds. The summed E-state index contributed by atoms with van der Waals surface area (Å²) in [5.41, 5.74) is 0. The SMILES string of the molecule is CC/C=C\C/C=C\C/C=C\C/C=C\C/C=C\C/C=C\CCC(=O)OCC(COP(=O)([O-])OCC[N+](C)(C)C)OC(=O)CCCCCCCCCCCCCCC. The fraction of sp³-hybridized carbons (Fsp3) is 0.696. The zero-order valence-corrected chi connectivity index (χ0v) is 36.9. The Morgan fingerprint density at radius 1 is 0.571 bits per heavy atom. The van der Waals surface area contributed by atoms with Gasteiger partial charge in [0.1, 0.15) is 19.8 Å². The zero-order chi connectivity index (χ0) is 41.4. The summed E-state index contributed by atoms with van der Waals surface area (Å²) in [6.45, 7) is 4.01. The van der Waals surface area contributed by atoms with Gasteiger partial charge in [0.2, 0.25) is 0 Å². The highest BCUT2D eigenvalue weighted by molar-refractivity contribution is 7.45. The Balaban J connectivity index is 4.49. The van der Waals surface area contributed by atoms with Crippen LogP contribution in [0.4, 0.5) is 0 Å². The third-order valence-corrected chi connectivity index (χ3v) is 9.72. The van der Waals surface area contributed by atoms with Crippen molar-refractivity contribution in [3.63, 3.8) is 0 Å². The Morgan fingerprint density at radius 3 is 1.48 bits per heavy atom. The Kier molecular flexibility index (Phi) is 36.3. The number of esters is 2. The number of rotatable bonds is 38. The number of quaternary nitrogens is 1. The summed E-state index contributed by atoms with van der Waals surface area (Å²) in [4.78, 5) is 37.4. The van der Waals surface area contributed by atoms with Gasteiger partial charge in [-0.3, -0.25) is 14.2 Å². The Hall–Kier alpha value is -2.55. The lowest BCUT2D eigenvalue weighted by Crippen LogP contribution is -2.37. The van der Waals surface area contributed by atoms with Gasteiger partial charge in [0.15, 0.2) is 6.10 Å². The highest BCUT2D eigenvalue weighted by Crippen LogP contribution is 2.38. The van der Waals surface area contributed by atoms with Crippen molar-refractivity contribution in [1.29, 1.82) is 0 Å². The Morgan fingerprint density at radius 2 is 1.02 bits per heavy atom. The van der Waals surface area contributed by atoms with E-state index in [4.69, 9.17) is 18.5 Å². The summed E-state index contributed by atoms with van der Waals surface area (Å²) < 4.78 is 33.8. The molecule has 0 saturated heterocycles. The first-order valence-electron chi connectivity index (χ1n) is 21.6. The van der Waals surface area contributed by atoms with Gasteiger partial charge in [-0.25, -0.2) is 0 Å². The normalized spacial score (nSPS) is 14.3. The van der Waals surface area contributed by atoms with Crippen LogP contribution in [0.5, 0.6) is 0 Å². The highest BCUT2D eigenvalue weighted by Gasteiger charge is 2.21. The number of phosphoric ester groups is 1. The molecule has 0 aliphatic heterocycles. The van der Waals surface area contributed by atoms with Crippen LogP contribution in [0, 0.1) is 0 Å². The van der Waals surface area contributed by atoms with Crippen molar-refractivity contribution in [2.24, 2.45) is 0 Å². The van der Waals surface area contributed by atoms with Crippen molar-refractivity contribution in [2.75, 3.05) is 47.5 Å². The number of ether oxygens (including phenoxy) is 2. The summed E-state index contributed by atoms with van der Waals surface area (Å²) in [7, 11) is 1.12. The first-order valence-corrected chi connectivity index (χ1v) is 23.1. The van der Waals surface area contributed by atoms with Crippen molar-refractivity contribution in [1.82, 2.24) is 0 Å². The molecule has 0 saturated carbocycles. The first-order chi connectivity index (χ1) is 27.0. The van der Waals surface area contributed by atoms with Crippen molar-refractivity contribution in [3.05, 3.63) is 72.9 Å². The number of allylic oxidation sites excluding steroid dienone is 12. The quantitative estimate of drug-likeness (QED) is 0.0199. The van der Waals surface area contributed by atoms with Gasteiger partial charge >= 0.3 is 11.9 Å². The van der Waals surface area contributed by atoms with Gasteiger partial charge in [0, 0.05) is 12.8 Å². The third-order valence-electron chi connectivity index (χ3n) is 8.75. The van der Waals surface area contributed by atoms with E-state index in [2.05, 4.69) is 74.6 Å². The van der Waals surface area contributed by atoms with Gasteiger partial charge < -0.3 is 27.9 Å². The van der Waals surface area contributed by atoms with E-state index in [0.717, 1.165) is 57.8 Å². The standard InChI is InChI=1S/C46H80NO8P/c1-6-8-10-12-14-16-18-20-21-22-23-24-25-27-28-30-32-34-36-38-45(48)52-42-44(43-54-56(50,51)53-41-40-47(3,4)5)55-46(49)39-37-35-33-31-29-26-19-17-15-13-11-9-7-2/h8,10,14,16,20-21,23-24,27-28,32,34,44H,6-7,9,11-13,15,17-19,22,25-26,29-31,33,35-43H2,1-5H3/b10-8-,16-14-,21-20-,24-23-,28-27-,34-32-. The largest absolute Gasteiger partial charge is 0.756 e. The molecular weight excluding hydrogens is 725 g/mol. The van der Waals surface area contributed by atoms with Crippen LogP contribution in [0.2, 0.25) is 0 Å². The minimum atomic E-state index is -4.64. The van der Waals surface area contributed by atoms with Crippen LogP contribution in [-0.4, -0.2) is 70.0 Å². The van der Waals surface area contributed by atoms with Gasteiger partial charge in [-0.2, -0.15) is 0 Å². The topological polar surface area (TPSA) is 111 Å². The molecule has 0 N–H and O–H groups in total. The van der Waals surface area contributed by atoms with Crippen LogP contribution in [0.3, 0.4) is 0 Å². The van der Waals surface area contributed by atoms with Gasteiger partial charge in [-0.05, 0) is 51.4 Å². The number of carbonyl (C=O) groups excluding carboxylic acids is 2. The molecule has 0 aliphatic carbocycles. The van der Waals surface area contributed by atoms with Crippen molar-refractivity contribution in [3.8, 4) is 0 Å². The molecule has 0 spiro atoms. The van der Waals surface area contributed by atoms with Crippen LogP contribution in [0.1, 0.15) is 155 Å². The zero-order valence-electron chi connectivity index (χ0n) is 36.1. The van der Waals surface area contributed by atoms with Crippen LogP contribution in [0.15, 0.2) is 72.9 Å². The third kappa shape index (κ3) is 41.1. The molecule has 322 valence electrons. The fourth-order valence-corrected chi connectivity index (χ4v) is 6.11. The van der Waals surface area contributed by atoms with Crippen LogP contribution in [0.25, 0.3) is 0 Å². The molecule has 0 aliphatic rings. The van der Waals surface area contributed by atoms with Crippen molar-refractivity contribution < 1.29 is 42.1 Å². The molecule has 0 rings (SSSR count). The Bertz CT molecular complexity index is 1180. The molecule has 2 unspecified atom stereocenters. The minimum Gasteiger partial charge on any atom is -0.756 e. The smallest absolute Gasteiger partial charge is 0.306 e. The van der Waals surface area contributed by atoms with E-state index in [1.165, 1.54) is 57.8 Å². The first kappa shape index (κ1) is 53.5. The molecule has 9 nitrogen and oxygen atoms in total. The number of phosphoric acid groups is 1. The predicted octanol–water partition coefficient (Wildman–Crippen LogP) is 11.6. The molecule has 0 aromatic rings. The maximum atomic E-state index is 12.6. The predicted molar refractivity (Wildman–Crippen MR) is 231 cm³/mol. The van der Waals surface area contributed by atoms with E-state index in [9.17, 15) is 19.0 Å². The molecule has 0 aromatic carbocycles. The van der Waals surface area contributed by atoms with Crippen LogP contribution < -0.4 is 4.89 Å². The fourth-order valence-electron chi connectivity index (χ4n) is 5.39. The lowest BCUT2D eigenvalue weighted by atomic mass is 10.0. The maximum Gasteiger partial charge on any atom is 0.306 e. The van der Waals surface area contributed by atoms with Crippen molar-refractivity contribution >= 4 is 19.8 Å². The highest BCUT2D eigenvalue weighted by atomic mass is 31.2. The summed E-state index contributed by atoms with van der Waals surface area (Å²) in [5.74, 6) is -0.936. The number of unbranched alkanes of at least 4 members (excludes halogenated alkanes) is 12.